The average molecular weight is 240 g/mol. The summed E-state index contributed by atoms with van der Waals surface area (Å²) < 4.78 is 73.4. The summed E-state index contributed by atoms with van der Waals surface area (Å²) in [6.45, 7) is 2.68. The first kappa shape index (κ1) is 13.2. The molecule has 0 heterocycles. The molecule has 9 heteroatoms. The van der Waals surface area contributed by atoms with E-state index in [2.05, 4.69) is 11.1 Å². The number of carbonyl (C=O) groups excluding carboxylic acids is 1. The molecule has 82 valence electrons. The molecule has 0 N–H and O–H groups in total. The lowest BCUT2D eigenvalue weighted by Crippen LogP contribution is -2.21. The summed E-state index contributed by atoms with van der Waals surface area (Å²) in [4.78, 5) is 10.2. The van der Waals surface area contributed by atoms with Gasteiger partial charge < -0.3 is 4.52 Å². The number of hydrogen-bond acceptors (Lipinski definition) is 2. The maximum Gasteiger partial charge on any atom is 0.451 e. The minimum atomic E-state index is -5.62. The fraction of sp³-hybridized carbons (Fsp3) is 0.400. The summed E-state index contributed by atoms with van der Waals surface area (Å²) in [6, 6.07) is 0. The molecule has 0 aromatic carbocycles. The average Bonchev–Trinajstić information content (AvgIpc) is 1.95. The van der Waals surface area contributed by atoms with Crippen LogP contribution in [0.1, 0.15) is 0 Å². The third-order valence-electron chi connectivity index (χ3n) is 0.808. The lowest BCUT2D eigenvalue weighted by atomic mass is 10.7. The first-order valence-corrected chi connectivity index (χ1v) is 4.13. The molecule has 0 unspecified atom stereocenters. The zero-order chi connectivity index (χ0) is 11.6. The van der Waals surface area contributed by atoms with Crippen molar-refractivity contribution < 1.29 is 35.7 Å². The number of rotatable bonds is 2. The number of hydrogen-bond donors (Lipinski definition) is 0. The molecule has 14 heavy (non-hydrogen) atoms. The molecule has 2 nitrogen and oxygen atoms in total. The van der Waals surface area contributed by atoms with E-state index in [1.54, 1.807) is 0 Å². The topological polar surface area (TPSA) is 26.3 Å². The highest BCUT2D eigenvalue weighted by Gasteiger charge is 2.61. The van der Waals surface area contributed by atoms with Crippen LogP contribution in [0.15, 0.2) is 12.7 Å². The van der Waals surface area contributed by atoms with Crippen LogP contribution in [-0.4, -0.2) is 17.8 Å². The van der Waals surface area contributed by atoms with E-state index in [0.29, 0.717) is 0 Å². The van der Waals surface area contributed by atoms with Crippen molar-refractivity contribution in [2.24, 2.45) is 0 Å². The second-order valence-corrected chi connectivity index (χ2v) is 3.63. The molecular formula is C5H3F6O2P. The van der Waals surface area contributed by atoms with Gasteiger partial charge in [-0.1, -0.05) is 6.58 Å². The second kappa shape index (κ2) is 4.16. The van der Waals surface area contributed by atoms with E-state index in [4.69, 9.17) is 0 Å². The normalized spacial score (nSPS) is 12.8. The maximum absolute atomic E-state index is 11.7. The van der Waals surface area contributed by atoms with Crippen LogP contribution >= 0.6 is 8.15 Å². The van der Waals surface area contributed by atoms with Gasteiger partial charge in [-0.3, -0.25) is 0 Å². The number of carbonyl (C=O) groups is 1. The van der Waals surface area contributed by atoms with Crippen molar-refractivity contribution in [3.8, 4) is 0 Å². The molecule has 0 saturated heterocycles. The standard InChI is InChI=1S/C5H3F6O2P/c1-2-3(12)13-14(4(6,7)8)5(9,10)11/h2H,1H2. The van der Waals surface area contributed by atoms with E-state index >= 15 is 0 Å². The first-order chi connectivity index (χ1) is 6.09. The zero-order valence-electron chi connectivity index (χ0n) is 6.32. The molecule has 0 aliphatic rings. The molecule has 0 aliphatic carbocycles. The molecule has 0 fully saturated rings. The van der Waals surface area contributed by atoms with E-state index in [-0.39, 0.29) is 6.08 Å². The van der Waals surface area contributed by atoms with Gasteiger partial charge in [0.1, 0.15) is 0 Å². The van der Waals surface area contributed by atoms with Crippen LogP contribution in [0.25, 0.3) is 0 Å². The molecule has 0 aromatic heterocycles. The molecule has 0 aromatic rings. The van der Waals surface area contributed by atoms with Crippen LogP contribution in [0.2, 0.25) is 0 Å². The van der Waals surface area contributed by atoms with Crippen molar-refractivity contribution in [1.29, 1.82) is 0 Å². The fourth-order valence-corrected chi connectivity index (χ4v) is 1.12. The first-order valence-electron chi connectivity index (χ1n) is 2.87. The third-order valence-corrected chi connectivity index (χ3v) is 2.09. The summed E-state index contributed by atoms with van der Waals surface area (Å²) >= 11 is 0. The van der Waals surface area contributed by atoms with E-state index in [9.17, 15) is 31.1 Å². The predicted octanol–water partition coefficient (Wildman–Crippen LogP) is 3.15. The van der Waals surface area contributed by atoms with E-state index < -0.39 is 26.0 Å². The van der Waals surface area contributed by atoms with Crippen LogP contribution in [0.4, 0.5) is 26.3 Å². The summed E-state index contributed by atoms with van der Waals surface area (Å²) in [5, 5.41) is 0. The Labute approximate surface area is 75.4 Å². The molecule has 0 saturated carbocycles. The van der Waals surface area contributed by atoms with E-state index in [1.807, 2.05) is 0 Å². The molecule has 0 atom stereocenters. The van der Waals surface area contributed by atoms with Crippen LogP contribution in [0, 0.1) is 0 Å². The lowest BCUT2D eigenvalue weighted by Gasteiger charge is -2.20. The smallest absolute Gasteiger partial charge is 0.423 e. The van der Waals surface area contributed by atoms with Crippen molar-refractivity contribution in [1.82, 2.24) is 0 Å². The highest BCUT2D eigenvalue weighted by atomic mass is 31.1. The SMILES string of the molecule is C=CC(=O)OP(C(F)(F)F)C(F)(F)F. The zero-order valence-corrected chi connectivity index (χ0v) is 7.21. The van der Waals surface area contributed by atoms with Crippen LogP contribution < -0.4 is 0 Å². The van der Waals surface area contributed by atoms with Crippen LogP contribution in [-0.2, 0) is 9.32 Å². The van der Waals surface area contributed by atoms with Crippen molar-refractivity contribution in [2.45, 2.75) is 11.8 Å². The Morgan fingerprint density at radius 1 is 1.14 bits per heavy atom. The Kier molecular flexibility index (Phi) is 3.93. The van der Waals surface area contributed by atoms with Crippen molar-refractivity contribution in [3.05, 3.63) is 12.7 Å². The predicted molar refractivity (Wildman–Crippen MR) is 35.3 cm³/mol. The summed E-state index contributed by atoms with van der Waals surface area (Å²) in [5.41, 5.74) is 0. The highest BCUT2D eigenvalue weighted by Crippen LogP contribution is 2.65. The Bertz CT molecular complexity index is 217. The van der Waals surface area contributed by atoms with Gasteiger partial charge in [-0.25, -0.2) is 4.79 Å². The summed E-state index contributed by atoms with van der Waals surface area (Å²) in [7, 11) is -4.81. The number of halogens is 6. The van der Waals surface area contributed by atoms with Gasteiger partial charge in [-0.2, -0.15) is 26.3 Å². The lowest BCUT2D eigenvalue weighted by molar-refractivity contribution is -0.136. The second-order valence-electron chi connectivity index (χ2n) is 1.84. The van der Waals surface area contributed by atoms with Gasteiger partial charge >= 0.3 is 26.0 Å². The Hall–Kier alpha value is -0.780. The van der Waals surface area contributed by atoms with Crippen molar-refractivity contribution in [3.63, 3.8) is 0 Å². The Balaban J connectivity index is 4.76. The van der Waals surface area contributed by atoms with Crippen molar-refractivity contribution >= 4 is 14.1 Å². The Morgan fingerprint density at radius 2 is 1.50 bits per heavy atom. The summed E-state index contributed by atoms with van der Waals surface area (Å²) in [6.07, 6.45) is 0.229. The maximum atomic E-state index is 11.7. The summed E-state index contributed by atoms with van der Waals surface area (Å²) in [5.74, 6) is -13.0. The minimum absolute atomic E-state index is 0.229. The molecule has 0 spiro atoms. The van der Waals surface area contributed by atoms with Crippen molar-refractivity contribution in [2.75, 3.05) is 0 Å². The van der Waals surface area contributed by atoms with E-state index in [0.717, 1.165) is 0 Å². The molecular weight excluding hydrogens is 237 g/mol. The monoisotopic (exact) mass is 240 g/mol. The molecule has 0 amide bonds. The highest BCUT2D eigenvalue weighted by molar-refractivity contribution is 7.55. The van der Waals surface area contributed by atoms with E-state index in [1.165, 1.54) is 0 Å². The van der Waals surface area contributed by atoms with Gasteiger partial charge in [-0.15, -0.1) is 0 Å². The fourth-order valence-electron chi connectivity index (χ4n) is 0.374. The van der Waals surface area contributed by atoms with Gasteiger partial charge in [0.05, 0.1) is 0 Å². The minimum Gasteiger partial charge on any atom is -0.423 e. The van der Waals surface area contributed by atoms with Gasteiger partial charge in [0.25, 0.3) is 0 Å². The number of alkyl halides is 6. The third kappa shape index (κ3) is 3.95. The quantitative estimate of drug-likeness (QED) is 0.421. The Morgan fingerprint density at radius 3 is 1.71 bits per heavy atom. The van der Waals surface area contributed by atoms with Gasteiger partial charge in [-0.05, 0) is 0 Å². The van der Waals surface area contributed by atoms with Crippen LogP contribution in [0.3, 0.4) is 0 Å². The molecule has 0 bridgehead atoms. The van der Waals surface area contributed by atoms with Crippen LogP contribution in [0.5, 0.6) is 0 Å². The molecule has 0 radical (unpaired) electrons. The van der Waals surface area contributed by atoms with Gasteiger partial charge in [0, 0.05) is 6.08 Å². The largest absolute Gasteiger partial charge is 0.451 e. The van der Waals surface area contributed by atoms with Gasteiger partial charge in [0.15, 0.2) is 0 Å². The molecule has 0 rings (SSSR count). The van der Waals surface area contributed by atoms with Gasteiger partial charge in [0.2, 0.25) is 0 Å². The molecule has 0 aliphatic heterocycles.